The highest BCUT2D eigenvalue weighted by atomic mass is 32.2. The zero-order valence-electron chi connectivity index (χ0n) is 19.0. The number of thioether (sulfide) groups is 1. The lowest BCUT2D eigenvalue weighted by Crippen LogP contribution is -2.36. The first kappa shape index (κ1) is 24.2. The van der Waals surface area contributed by atoms with Crippen LogP contribution in [-0.4, -0.2) is 75.0 Å². The van der Waals surface area contributed by atoms with Crippen LogP contribution in [-0.2, 0) is 10.0 Å². The van der Waals surface area contributed by atoms with E-state index < -0.39 is 10.0 Å². The third kappa shape index (κ3) is 5.25. The highest BCUT2D eigenvalue weighted by Crippen LogP contribution is 2.32. The van der Waals surface area contributed by atoms with Crippen LogP contribution in [0.4, 0.5) is 5.13 Å². The first-order valence-electron chi connectivity index (χ1n) is 10.8. The van der Waals surface area contributed by atoms with Gasteiger partial charge in [0.1, 0.15) is 0 Å². The number of aromatic nitrogens is 1. The zero-order chi connectivity index (χ0) is 23.6. The first-order chi connectivity index (χ1) is 15.8. The van der Waals surface area contributed by atoms with E-state index >= 15 is 0 Å². The van der Waals surface area contributed by atoms with Gasteiger partial charge in [-0.3, -0.25) is 9.69 Å². The van der Waals surface area contributed by atoms with Gasteiger partial charge in [-0.05, 0) is 75.7 Å². The quantitative estimate of drug-likeness (QED) is 0.432. The number of carbonyl (C=O) groups is 1. The molecule has 0 spiro atoms. The first-order valence-corrected chi connectivity index (χ1v) is 14.3. The molecule has 10 heteroatoms. The van der Waals surface area contributed by atoms with E-state index in [1.54, 1.807) is 28.8 Å². The van der Waals surface area contributed by atoms with Gasteiger partial charge in [0, 0.05) is 36.6 Å². The molecule has 1 aliphatic heterocycles. The number of thiazole rings is 1. The van der Waals surface area contributed by atoms with Crippen molar-refractivity contribution in [3.8, 4) is 0 Å². The molecule has 4 rings (SSSR count). The Hall–Kier alpha value is -1.98. The molecule has 3 aromatic rings. The molecule has 7 nitrogen and oxygen atoms in total. The van der Waals surface area contributed by atoms with Gasteiger partial charge < -0.3 is 4.90 Å². The van der Waals surface area contributed by atoms with E-state index in [0.717, 1.165) is 28.0 Å². The van der Waals surface area contributed by atoms with Crippen molar-refractivity contribution in [1.82, 2.24) is 14.2 Å². The third-order valence-corrected chi connectivity index (χ3v) is 9.31. The van der Waals surface area contributed by atoms with Crippen molar-refractivity contribution in [1.29, 1.82) is 0 Å². The number of hydrogen-bond donors (Lipinski definition) is 0. The average Bonchev–Trinajstić information content (AvgIpc) is 3.49. The summed E-state index contributed by atoms with van der Waals surface area (Å²) in [5, 5.41) is 0.642. The predicted molar refractivity (Wildman–Crippen MR) is 136 cm³/mol. The minimum absolute atomic E-state index is 0.189. The Balaban J connectivity index is 1.63. The molecule has 33 heavy (non-hydrogen) atoms. The maximum atomic E-state index is 13.5. The average molecular weight is 505 g/mol. The lowest BCUT2D eigenvalue weighted by Gasteiger charge is -2.22. The monoisotopic (exact) mass is 504 g/mol. The molecule has 0 N–H and O–H groups in total. The summed E-state index contributed by atoms with van der Waals surface area (Å²) >= 11 is 3.16. The molecule has 2 aromatic carbocycles. The van der Waals surface area contributed by atoms with Crippen LogP contribution in [0.1, 0.15) is 23.2 Å². The van der Waals surface area contributed by atoms with E-state index in [0.29, 0.717) is 36.9 Å². The van der Waals surface area contributed by atoms with Crippen LogP contribution >= 0.6 is 23.1 Å². The van der Waals surface area contributed by atoms with Gasteiger partial charge in [-0.2, -0.15) is 4.31 Å². The number of amides is 1. The number of hydrogen-bond acceptors (Lipinski definition) is 7. The van der Waals surface area contributed by atoms with Crippen LogP contribution in [0.5, 0.6) is 0 Å². The second-order valence-corrected chi connectivity index (χ2v) is 12.1. The van der Waals surface area contributed by atoms with Crippen LogP contribution < -0.4 is 4.90 Å². The summed E-state index contributed by atoms with van der Waals surface area (Å²) < 4.78 is 28.2. The Morgan fingerprint density at radius 1 is 1.09 bits per heavy atom. The zero-order valence-corrected chi connectivity index (χ0v) is 21.5. The molecule has 0 atom stereocenters. The van der Waals surface area contributed by atoms with E-state index in [1.807, 2.05) is 37.4 Å². The van der Waals surface area contributed by atoms with Crippen LogP contribution in [0, 0.1) is 0 Å². The lowest BCUT2D eigenvalue weighted by atomic mass is 10.2. The summed E-state index contributed by atoms with van der Waals surface area (Å²) in [7, 11) is 0.415. The topological polar surface area (TPSA) is 73.8 Å². The number of carbonyl (C=O) groups excluding carboxylic acids is 1. The standard InChI is InChI=1S/C23H28N4O3S3/c1-25(2)14-15-27(23-24-20-11-8-18(31-3)16-21(20)32-23)22(28)17-6-9-19(10-7-17)33(29,30)26-12-4-5-13-26/h6-11,16H,4-5,12-15H2,1-3H3. The van der Waals surface area contributed by atoms with Gasteiger partial charge in [-0.25, -0.2) is 13.4 Å². The van der Waals surface area contributed by atoms with E-state index in [9.17, 15) is 13.2 Å². The Morgan fingerprint density at radius 3 is 2.42 bits per heavy atom. The number of anilines is 1. The fourth-order valence-corrected chi connectivity index (χ4v) is 6.78. The number of rotatable bonds is 8. The lowest BCUT2D eigenvalue weighted by molar-refractivity contribution is 0.0985. The van der Waals surface area contributed by atoms with Crippen LogP contribution in [0.15, 0.2) is 52.3 Å². The summed E-state index contributed by atoms with van der Waals surface area (Å²) in [6.45, 7) is 2.27. The van der Waals surface area contributed by atoms with E-state index in [-0.39, 0.29) is 10.8 Å². The Kier molecular flexibility index (Phi) is 7.40. The van der Waals surface area contributed by atoms with E-state index in [1.165, 1.54) is 27.8 Å². The second kappa shape index (κ2) is 10.1. The summed E-state index contributed by atoms with van der Waals surface area (Å²) in [6, 6.07) is 12.4. The summed E-state index contributed by atoms with van der Waals surface area (Å²) in [5.41, 5.74) is 1.31. The van der Waals surface area contributed by atoms with Gasteiger partial charge in [0.15, 0.2) is 5.13 Å². The van der Waals surface area contributed by atoms with Gasteiger partial charge in [0.2, 0.25) is 10.0 Å². The SMILES string of the molecule is CSc1ccc2nc(N(CCN(C)C)C(=O)c3ccc(S(=O)(=O)N4CCCC4)cc3)sc2c1. The molecule has 0 unspecified atom stereocenters. The maximum Gasteiger partial charge on any atom is 0.260 e. The van der Waals surface area contributed by atoms with Crippen molar-refractivity contribution in [2.45, 2.75) is 22.6 Å². The van der Waals surface area contributed by atoms with Crippen molar-refractivity contribution in [3.63, 3.8) is 0 Å². The van der Waals surface area contributed by atoms with Crippen LogP contribution in [0.2, 0.25) is 0 Å². The molecule has 0 aliphatic carbocycles. The smallest absolute Gasteiger partial charge is 0.260 e. The van der Waals surface area contributed by atoms with E-state index in [4.69, 9.17) is 4.98 Å². The van der Waals surface area contributed by atoms with E-state index in [2.05, 4.69) is 6.07 Å². The molecule has 0 radical (unpaired) electrons. The van der Waals surface area contributed by atoms with Crippen molar-refractivity contribution in [3.05, 3.63) is 48.0 Å². The summed E-state index contributed by atoms with van der Waals surface area (Å²) in [4.78, 5) is 23.3. The molecule has 0 saturated carbocycles. The van der Waals surface area contributed by atoms with Crippen molar-refractivity contribution in [2.24, 2.45) is 0 Å². The molecular weight excluding hydrogens is 476 g/mol. The van der Waals surface area contributed by atoms with Crippen molar-refractivity contribution < 1.29 is 13.2 Å². The maximum absolute atomic E-state index is 13.5. The van der Waals surface area contributed by atoms with Crippen molar-refractivity contribution >= 4 is 54.4 Å². The molecular formula is C23H28N4O3S3. The molecule has 1 aliphatic rings. The summed E-state index contributed by atoms with van der Waals surface area (Å²) in [6.07, 6.45) is 3.80. The molecule has 176 valence electrons. The minimum atomic E-state index is -3.51. The molecule has 1 fully saturated rings. The fraction of sp³-hybridized carbons (Fsp3) is 0.391. The Labute approximate surface area is 203 Å². The predicted octanol–water partition coefficient (Wildman–Crippen LogP) is 4.01. The fourth-order valence-electron chi connectivity index (χ4n) is 3.72. The molecule has 1 aromatic heterocycles. The van der Waals surface area contributed by atoms with Gasteiger partial charge in [0.05, 0.1) is 15.1 Å². The summed E-state index contributed by atoms with van der Waals surface area (Å²) in [5.74, 6) is -0.189. The third-order valence-electron chi connectivity index (χ3n) is 5.64. The van der Waals surface area contributed by atoms with Gasteiger partial charge >= 0.3 is 0 Å². The Morgan fingerprint density at radius 2 is 1.79 bits per heavy atom. The van der Waals surface area contributed by atoms with Gasteiger partial charge in [-0.15, -0.1) is 11.8 Å². The number of nitrogens with zero attached hydrogens (tertiary/aromatic N) is 4. The van der Waals surface area contributed by atoms with Crippen LogP contribution in [0.3, 0.4) is 0 Å². The molecule has 2 heterocycles. The number of fused-ring (bicyclic) bond motifs is 1. The minimum Gasteiger partial charge on any atom is -0.308 e. The number of benzene rings is 2. The van der Waals surface area contributed by atoms with Crippen LogP contribution in [0.25, 0.3) is 10.2 Å². The number of sulfonamides is 1. The molecule has 1 saturated heterocycles. The second-order valence-electron chi connectivity index (χ2n) is 8.23. The highest BCUT2D eigenvalue weighted by Gasteiger charge is 2.28. The normalized spacial score (nSPS) is 14.9. The Bertz CT molecular complexity index is 1230. The highest BCUT2D eigenvalue weighted by molar-refractivity contribution is 7.98. The van der Waals surface area contributed by atoms with Crippen molar-refractivity contribution in [2.75, 3.05) is 51.4 Å². The van der Waals surface area contributed by atoms with Gasteiger partial charge in [0.25, 0.3) is 5.91 Å². The molecule has 0 bridgehead atoms. The number of likely N-dealkylation sites (N-methyl/N-ethyl adjacent to an activating group) is 1. The van der Waals surface area contributed by atoms with Gasteiger partial charge in [-0.1, -0.05) is 11.3 Å². The molecule has 1 amide bonds. The largest absolute Gasteiger partial charge is 0.308 e.